The van der Waals surface area contributed by atoms with Gasteiger partial charge in [-0.25, -0.2) is 14.0 Å². The van der Waals surface area contributed by atoms with Gasteiger partial charge in [0.2, 0.25) is 5.88 Å². The number of hydrogen-bond donors (Lipinski definition) is 1. The fourth-order valence-electron chi connectivity index (χ4n) is 2.37. The van der Waals surface area contributed by atoms with Crippen molar-refractivity contribution in [2.75, 3.05) is 0 Å². The number of aliphatic hydroxyl groups is 1. The van der Waals surface area contributed by atoms with Crippen molar-refractivity contribution in [2.45, 2.75) is 59.2 Å². The van der Waals surface area contributed by atoms with Gasteiger partial charge in [0.1, 0.15) is 12.2 Å². The van der Waals surface area contributed by atoms with Crippen LogP contribution >= 0.6 is 0 Å². The fourth-order valence-corrected chi connectivity index (χ4v) is 2.37. The van der Waals surface area contributed by atoms with E-state index >= 15 is 0 Å². The molecule has 0 saturated carbocycles. The van der Waals surface area contributed by atoms with Crippen LogP contribution in [0.2, 0.25) is 0 Å². The summed E-state index contributed by atoms with van der Waals surface area (Å²) in [4.78, 5) is 28.3. The first kappa shape index (κ1) is 23.3. The number of esters is 1. The predicted molar refractivity (Wildman–Crippen MR) is 93.9 cm³/mol. The Balaban J connectivity index is 2.67. The SMILES string of the molecule is CCn1c(CO)nn(-c2nc(O[C@@H](C)C(F)(F)F)c(C(=O)OC(C)C)cc2F)c1=O. The first-order chi connectivity index (χ1) is 13.9. The third kappa shape index (κ3) is 4.78. The zero-order valence-electron chi connectivity index (χ0n) is 16.5. The minimum Gasteiger partial charge on any atom is -0.464 e. The fraction of sp³-hybridized carbons (Fsp3) is 0.529. The molecule has 166 valence electrons. The van der Waals surface area contributed by atoms with E-state index in [1.165, 1.54) is 13.8 Å². The number of carbonyl (C=O) groups is 1. The Morgan fingerprint density at radius 2 is 1.93 bits per heavy atom. The van der Waals surface area contributed by atoms with Gasteiger partial charge in [-0.15, -0.1) is 5.10 Å². The summed E-state index contributed by atoms with van der Waals surface area (Å²) in [6.07, 6.45) is -7.85. The second-order valence-corrected chi connectivity index (χ2v) is 6.42. The molecule has 0 amide bonds. The molecule has 0 aliphatic carbocycles. The zero-order valence-corrected chi connectivity index (χ0v) is 16.5. The highest BCUT2D eigenvalue weighted by molar-refractivity contribution is 5.92. The molecule has 13 heteroatoms. The number of hydrogen-bond acceptors (Lipinski definition) is 7. The number of nitrogens with zero attached hydrogens (tertiary/aromatic N) is 4. The van der Waals surface area contributed by atoms with Crippen LogP contribution in [0.1, 0.15) is 43.9 Å². The topological polar surface area (TPSA) is 108 Å². The molecule has 2 aromatic rings. The van der Waals surface area contributed by atoms with Crippen LogP contribution in [-0.4, -0.2) is 48.8 Å². The minimum absolute atomic E-state index is 0.0869. The summed E-state index contributed by atoms with van der Waals surface area (Å²) < 4.78 is 64.7. The molecule has 0 aliphatic rings. The van der Waals surface area contributed by atoms with E-state index in [1.807, 2.05) is 0 Å². The monoisotopic (exact) mass is 436 g/mol. The Hall–Kier alpha value is -2.96. The number of carbonyl (C=O) groups excluding carboxylic acids is 1. The average Bonchev–Trinajstić information content (AvgIpc) is 2.96. The van der Waals surface area contributed by atoms with Crippen molar-refractivity contribution < 1.29 is 36.9 Å². The van der Waals surface area contributed by atoms with E-state index in [4.69, 9.17) is 9.47 Å². The summed E-state index contributed by atoms with van der Waals surface area (Å²) in [6.45, 7) is 4.66. The maximum atomic E-state index is 14.7. The van der Waals surface area contributed by atoms with Crippen LogP contribution in [0, 0.1) is 5.82 Å². The quantitative estimate of drug-likeness (QED) is 0.522. The van der Waals surface area contributed by atoms with Crippen molar-refractivity contribution in [3.63, 3.8) is 0 Å². The Morgan fingerprint density at radius 3 is 2.40 bits per heavy atom. The van der Waals surface area contributed by atoms with Gasteiger partial charge in [0.05, 0.1) is 6.10 Å². The average molecular weight is 436 g/mol. The van der Waals surface area contributed by atoms with Gasteiger partial charge >= 0.3 is 17.8 Å². The number of aromatic nitrogens is 4. The summed E-state index contributed by atoms with van der Waals surface area (Å²) >= 11 is 0. The van der Waals surface area contributed by atoms with Crippen molar-refractivity contribution in [2.24, 2.45) is 0 Å². The van der Waals surface area contributed by atoms with E-state index < -0.39 is 59.7 Å². The van der Waals surface area contributed by atoms with Crippen LogP contribution in [0.25, 0.3) is 5.82 Å². The van der Waals surface area contributed by atoms with Crippen LogP contribution in [-0.2, 0) is 17.9 Å². The Morgan fingerprint density at radius 1 is 1.30 bits per heavy atom. The van der Waals surface area contributed by atoms with E-state index in [9.17, 15) is 32.3 Å². The van der Waals surface area contributed by atoms with Crippen LogP contribution in [0.4, 0.5) is 17.6 Å². The lowest BCUT2D eigenvalue weighted by atomic mass is 10.2. The first-order valence-electron chi connectivity index (χ1n) is 8.85. The smallest absolute Gasteiger partial charge is 0.425 e. The van der Waals surface area contributed by atoms with Gasteiger partial charge in [0, 0.05) is 6.54 Å². The second-order valence-electron chi connectivity index (χ2n) is 6.42. The van der Waals surface area contributed by atoms with E-state index in [2.05, 4.69) is 10.1 Å². The van der Waals surface area contributed by atoms with Gasteiger partial charge in [0.25, 0.3) is 0 Å². The molecule has 0 fully saturated rings. The predicted octanol–water partition coefficient (Wildman–Crippen LogP) is 1.98. The maximum Gasteiger partial charge on any atom is 0.425 e. The van der Waals surface area contributed by atoms with Gasteiger partial charge in [0.15, 0.2) is 23.6 Å². The lowest BCUT2D eigenvalue weighted by molar-refractivity contribution is -0.190. The van der Waals surface area contributed by atoms with Gasteiger partial charge in [-0.05, 0) is 33.8 Å². The molecule has 0 aromatic carbocycles. The molecule has 2 rings (SSSR count). The van der Waals surface area contributed by atoms with E-state index in [1.54, 1.807) is 6.92 Å². The minimum atomic E-state index is -4.81. The van der Waals surface area contributed by atoms with Crippen LogP contribution < -0.4 is 10.4 Å². The van der Waals surface area contributed by atoms with Gasteiger partial charge in [-0.1, -0.05) is 0 Å². The standard InChI is InChI=1S/C17H20F4N4O5/c1-5-24-12(7-26)23-25(16(24)28)13-11(18)6-10(15(27)29-8(2)3)14(22-13)30-9(4)17(19,20)21/h6,8-9,26H,5,7H2,1-4H3/t9-/m0/s1. The molecular weight excluding hydrogens is 416 g/mol. The lowest BCUT2D eigenvalue weighted by Crippen LogP contribution is -2.32. The number of ether oxygens (including phenoxy) is 2. The van der Waals surface area contributed by atoms with E-state index in [-0.39, 0.29) is 12.4 Å². The maximum absolute atomic E-state index is 14.7. The number of rotatable bonds is 7. The van der Waals surface area contributed by atoms with E-state index in [0.717, 1.165) is 4.57 Å². The second kappa shape index (κ2) is 8.81. The molecule has 30 heavy (non-hydrogen) atoms. The van der Waals surface area contributed by atoms with Crippen molar-refractivity contribution in [3.05, 3.63) is 33.8 Å². The Bertz CT molecular complexity index is 984. The lowest BCUT2D eigenvalue weighted by Gasteiger charge is -2.19. The molecule has 0 saturated heterocycles. The van der Waals surface area contributed by atoms with Gasteiger partial charge in [-0.2, -0.15) is 22.8 Å². The number of halogens is 4. The number of pyridine rings is 1. The third-order valence-electron chi connectivity index (χ3n) is 3.83. The normalized spacial score (nSPS) is 12.9. The molecule has 0 unspecified atom stereocenters. The Labute approximate surface area is 167 Å². The molecule has 2 aromatic heterocycles. The summed E-state index contributed by atoms with van der Waals surface area (Å²) in [5, 5.41) is 13.0. The molecule has 0 bridgehead atoms. The van der Waals surface area contributed by atoms with Crippen molar-refractivity contribution in [1.29, 1.82) is 0 Å². The molecule has 0 aliphatic heterocycles. The molecule has 0 radical (unpaired) electrons. The molecular formula is C17H20F4N4O5. The highest BCUT2D eigenvalue weighted by Gasteiger charge is 2.39. The molecule has 2 heterocycles. The number of alkyl halides is 3. The van der Waals surface area contributed by atoms with Crippen LogP contribution in [0.15, 0.2) is 10.9 Å². The van der Waals surface area contributed by atoms with E-state index in [0.29, 0.717) is 17.7 Å². The third-order valence-corrected chi connectivity index (χ3v) is 3.83. The highest BCUT2D eigenvalue weighted by atomic mass is 19.4. The summed E-state index contributed by atoms with van der Waals surface area (Å²) in [5.41, 5.74) is -1.58. The molecule has 9 nitrogen and oxygen atoms in total. The first-order valence-corrected chi connectivity index (χ1v) is 8.85. The van der Waals surface area contributed by atoms with Crippen molar-refractivity contribution in [1.82, 2.24) is 19.3 Å². The summed E-state index contributed by atoms with van der Waals surface area (Å²) in [5.74, 6) is -4.18. The zero-order chi connectivity index (χ0) is 22.8. The van der Waals surface area contributed by atoms with Crippen LogP contribution in [0.5, 0.6) is 5.88 Å². The van der Waals surface area contributed by atoms with Crippen molar-refractivity contribution in [3.8, 4) is 11.7 Å². The van der Waals surface area contributed by atoms with Crippen molar-refractivity contribution >= 4 is 5.97 Å². The molecule has 1 N–H and O–H groups in total. The number of aliphatic hydroxyl groups excluding tert-OH is 1. The Kier molecular flexibility index (Phi) is 6.85. The summed E-state index contributed by atoms with van der Waals surface area (Å²) in [6, 6.07) is 0.557. The van der Waals surface area contributed by atoms with Gasteiger partial charge in [-0.3, -0.25) is 4.57 Å². The van der Waals surface area contributed by atoms with Crippen LogP contribution in [0.3, 0.4) is 0 Å². The van der Waals surface area contributed by atoms with Gasteiger partial charge < -0.3 is 14.6 Å². The highest BCUT2D eigenvalue weighted by Crippen LogP contribution is 2.28. The largest absolute Gasteiger partial charge is 0.464 e. The summed E-state index contributed by atoms with van der Waals surface area (Å²) in [7, 11) is 0. The molecule has 0 spiro atoms. The molecule has 1 atom stereocenters.